The number of carbonyl (C=O) groups excluding carboxylic acids is 1. The number of rotatable bonds is 7. The van der Waals surface area contributed by atoms with Crippen molar-refractivity contribution in [1.29, 1.82) is 5.26 Å². The standard InChI is InChI=1S/C31H29F2N5O2S2/c1-3-12-37-28(36-15-13-35(14-16-36)26-7-5-4-6-25(26)33)23(20(2)24(18-34)29(37)39)17-27-30(40)38(31(41)42-27)19-21-8-10-22(32)11-9-21/h4-11,17H,3,12-16,19H2,1-2H3/b27-17+. The molecule has 2 aromatic carbocycles. The van der Waals surface area contributed by atoms with Crippen molar-refractivity contribution in [1.82, 2.24) is 9.47 Å². The van der Waals surface area contributed by atoms with E-state index in [1.54, 1.807) is 47.9 Å². The van der Waals surface area contributed by atoms with Gasteiger partial charge in [0.2, 0.25) is 0 Å². The van der Waals surface area contributed by atoms with Gasteiger partial charge < -0.3 is 9.80 Å². The van der Waals surface area contributed by atoms with E-state index >= 15 is 0 Å². The number of pyridine rings is 1. The Bertz CT molecular complexity index is 1670. The third-order valence-electron chi connectivity index (χ3n) is 7.47. The van der Waals surface area contributed by atoms with E-state index in [-0.39, 0.29) is 35.2 Å². The summed E-state index contributed by atoms with van der Waals surface area (Å²) in [4.78, 5) is 32.9. The molecule has 0 saturated carbocycles. The largest absolute Gasteiger partial charge is 0.366 e. The predicted molar refractivity (Wildman–Crippen MR) is 166 cm³/mol. The fourth-order valence-electron chi connectivity index (χ4n) is 5.32. The Morgan fingerprint density at radius 3 is 2.33 bits per heavy atom. The SMILES string of the molecule is CCCn1c(N2CCN(c3ccccc3F)CC2)c(/C=C2/SC(=S)N(Cc3ccc(F)cc3)C2=O)c(C)c(C#N)c1=O. The maximum Gasteiger partial charge on any atom is 0.270 e. The van der Waals surface area contributed by atoms with Crippen molar-refractivity contribution in [3.63, 3.8) is 0 Å². The highest BCUT2D eigenvalue weighted by atomic mass is 32.2. The van der Waals surface area contributed by atoms with Crippen LogP contribution in [-0.2, 0) is 17.9 Å². The number of para-hydroxylation sites is 1. The van der Waals surface area contributed by atoms with Gasteiger partial charge in [-0.25, -0.2) is 8.78 Å². The van der Waals surface area contributed by atoms with Crippen LogP contribution in [0, 0.1) is 29.9 Å². The number of aromatic nitrogens is 1. The minimum absolute atomic E-state index is 0.0326. The molecule has 3 heterocycles. The van der Waals surface area contributed by atoms with Crippen molar-refractivity contribution < 1.29 is 13.6 Å². The van der Waals surface area contributed by atoms with Crippen LogP contribution in [0.1, 0.15) is 35.6 Å². The summed E-state index contributed by atoms with van der Waals surface area (Å²) in [5.41, 5.74) is 2.03. The number of benzene rings is 2. The molecule has 5 rings (SSSR count). The number of hydrogen-bond donors (Lipinski definition) is 0. The minimum Gasteiger partial charge on any atom is -0.366 e. The molecule has 1 aromatic heterocycles. The summed E-state index contributed by atoms with van der Waals surface area (Å²) >= 11 is 6.69. The van der Waals surface area contributed by atoms with Crippen molar-refractivity contribution in [2.24, 2.45) is 0 Å². The van der Waals surface area contributed by atoms with Crippen molar-refractivity contribution in [2.45, 2.75) is 33.4 Å². The first-order valence-electron chi connectivity index (χ1n) is 13.6. The zero-order valence-electron chi connectivity index (χ0n) is 23.3. The summed E-state index contributed by atoms with van der Waals surface area (Å²) in [7, 11) is 0. The topological polar surface area (TPSA) is 72.6 Å². The second kappa shape index (κ2) is 12.5. The van der Waals surface area contributed by atoms with E-state index in [9.17, 15) is 23.6 Å². The van der Waals surface area contributed by atoms with Crippen LogP contribution in [0.3, 0.4) is 0 Å². The van der Waals surface area contributed by atoms with Gasteiger partial charge in [0.15, 0.2) is 0 Å². The summed E-state index contributed by atoms with van der Waals surface area (Å²) in [5.74, 6) is -0.310. The Morgan fingerprint density at radius 1 is 1.02 bits per heavy atom. The number of piperazine rings is 1. The van der Waals surface area contributed by atoms with Gasteiger partial charge in [-0.2, -0.15) is 5.26 Å². The molecule has 0 unspecified atom stereocenters. The molecule has 2 aliphatic rings. The van der Waals surface area contributed by atoms with Gasteiger partial charge in [0.05, 0.1) is 17.1 Å². The maximum absolute atomic E-state index is 14.5. The fourth-order valence-corrected chi connectivity index (χ4v) is 6.56. The highest BCUT2D eigenvalue weighted by Gasteiger charge is 2.34. The van der Waals surface area contributed by atoms with Crippen LogP contribution in [0.5, 0.6) is 0 Å². The number of anilines is 2. The molecular formula is C31H29F2N5O2S2. The Kier molecular flexibility index (Phi) is 8.75. The highest BCUT2D eigenvalue weighted by Crippen LogP contribution is 2.37. The summed E-state index contributed by atoms with van der Waals surface area (Å²) in [6.45, 7) is 6.34. The Balaban J connectivity index is 1.53. The number of thioether (sulfide) groups is 1. The first-order chi connectivity index (χ1) is 20.2. The molecule has 2 aliphatic heterocycles. The van der Waals surface area contributed by atoms with E-state index in [1.165, 1.54) is 23.1 Å². The van der Waals surface area contributed by atoms with Crippen LogP contribution in [0.4, 0.5) is 20.3 Å². The fraction of sp³-hybridized carbons (Fsp3) is 0.290. The van der Waals surface area contributed by atoms with Crippen LogP contribution in [0.25, 0.3) is 6.08 Å². The molecule has 0 aliphatic carbocycles. The normalized spacial score (nSPS) is 16.5. The Hall–Kier alpha value is -4.01. The molecule has 2 saturated heterocycles. The molecule has 0 spiro atoms. The number of nitrogens with zero attached hydrogens (tertiary/aromatic N) is 5. The monoisotopic (exact) mass is 605 g/mol. The summed E-state index contributed by atoms with van der Waals surface area (Å²) in [5, 5.41) is 9.92. The van der Waals surface area contributed by atoms with Crippen LogP contribution >= 0.6 is 24.0 Å². The number of nitriles is 1. The number of amides is 1. The van der Waals surface area contributed by atoms with Crippen LogP contribution in [0.15, 0.2) is 58.2 Å². The third kappa shape index (κ3) is 5.69. The number of carbonyl (C=O) groups is 1. The second-order valence-electron chi connectivity index (χ2n) is 10.1. The molecule has 3 aromatic rings. The second-order valence-corrected chi connectivity index (χ2v) is 11.8. The van der Waals surface area contributed by atoms with Crippen LogP contribution in [0.2, 0.25) is 0 Å². The number of thiocarbonyl (C=S) groups is 1. The number of halogens is 2. The Labute approximate surface area is 252 Å². The van der Waals surface area contributed by atoms with E-state index in [0.29, 0.717) is 71.0 Å². The van der Waals surface area contributed by atoms with Crippen molar-refractivity contribution in [2.75, 3.05) is 36.0 Å². The molecule has 216 valence electrons. The summed E-state index contributed by atoms with van der Waals surface area (Å²) in [6, 6.07) is 14.6. The first-order valence-corrected chi connectivity index (χ1v) is 14.9. The Morgan fingerprint density at radius 2 is 1.69 bits per heavy atom. The lowest BCUT2D eigenvalue weighted by atomic mass is 10.0. The molecule has 11 heteroatoms. The molecule has 0 radical (unpaired) electrons. The number of hydrogen-bond acceptors (Lipinski definition) is 7. The van der Waals surface area contributed by atoms with Gasteiger partial charge in [0.1, 0.15) is 33.4 Å². The van der Waals surface area contributed by atoms with Crippen LogP contribution in [-0.4, -0.2) is 45.9 Å². The average molecular weight is 606 g/mol. The molecule has 0 N–H and O–H groups in total. The molecule has 0 bridgehead atoms. The quantitative estimate of drug-likeness (QED) is 0.262. The maximum atomic E-state index is 14.5. The van der Waals surface area contributed by atoms with Crippen molar-refractivity contribution in [3.8, 4) is 6.07 Å². The van der Waals surface area contributed by atoms with Gasteiger partial charge in [-0.05, 0) is 54.8 Å². The summed E-state index contributed by atoms with van der Waals surface area (Å²) in [6.07, 6.45) is 2.39. The molecule has 2 fully saturated rings. The third-order valence-corrected chi connectivity index (χ3v) is 8.85. The zero-order chi connectivity index (χ0) is 30.0. The predicted octanol–water partition coefficient (Wildman–Crippen LogP) is 5.44. The first kappa shape index (κ1) is 29.5. The molecule has 42 heavy (non-hydrogen) atoms. The zero-order valence-corrected chi connectivity index (χ0v) is 24.9. The lowest BCUT2D eigenvalue weighted by Gasteiger charge is -2.39. The van der Waals surface area contributed by atoms with Crippen molar-refractivity contribution >= 4 is 51.8 Å². The molecular weight excluding hydrogens is 577 g/mol. The van der Waals surface area contributed by atoms with E-state index in [4.69, 9.17) is 12.2 Å². The van der Waals surface area contributed by atoms with Gasteiger partial charge in [-0.1, -0.05) is 55.2 Å². The molecule has 1 amide bonds. The van der Waals surface area contributed by atoms with E-state index in [2.05, 4.69) is 11.0 Å². The van der Waals surface area contributed by atoms with Gasteiger partial charge in [0.25, 0.3) is 11.5 Å². The van der Waals surface area contributed by atoms with E-state index in [0.717, 1.165) is 17.3 Å². The van der Waals surface area contributed by atoms with Gasteiger partial charge in [-0.3, -0.25) is 19.1 Å². The van der Waals surface area contributed by atoms with Gasteiger partial charge in [0, 0.05) is 38.3 Å². The van der Waals surface area contributed by atoms with Gasteiger partial charge in [-0.15, -0.1) is 0 Å². The summed E-state index contributed by atoms with van der Waals surface area (Å²) < 4.78 is 29.9. The molecule has 7 nitrogen and oxygen atoms in total. The smallest absolute Gasteiger partial charge is 0.270 e. The minimum atomic E-state index is -0.371. The van der Waals surface area contributed by atoms with Gasteiger partial charge >= 0.3 is 0 Å². The lowest BCUT2D eigenvalue weighted by Crippen LogP contribution is -2.49. The lowest BCUT2D eigenvalue weighted by molar-refractivity contribution is -0.122. The van der Waals surface area contributed by atoms with Crippen molar-refractivity contribution in [3.05, 3.63) is 97.7 Å². The van der Waals surface area contributed by atoms with E-state index in [1.807, 2.05) is 11.8 Å². The average Bonchev–Trinajstić information content (AvgIpc) is 3.25. The van der Waals surface area contributed by atoms with Crippen LogP contribution < -0.4 is 15.4 Å². The van der Waals surface area contributed by atoms with E-state index < -0.39 is 0 Å². The molecule has 0 atom stereocenters. The highest BCUT2D eigenvalue weighted by molar-refractivity contribution is 8.26.